The number of anilines is 1. The molecule has 102 valence electrons. The fourth-order valence-electron chi connectivity index (χ4n) is 2.90. The molecule has 5 nitrogen and oxygen atoms in total. The van der Waals surface area contributed by atoms with Crippen molar-refractivity contribution >= 4 is 11.3 Å². The zero-order chi connectivity index (χ0) is 13.4. The molecule has 0 saturated carbocycles. The Morgan fingerprint density at radius 3 is 3.00 bits per heavy atom. The second-order valence-corrected chi connectivity index (χ2v) is 5.61. The van der Waals surface area contributed by atoms with Crippen LogP contribution in [0.5, 0.6) is 0 Å². The highest BCUT2D eigenvalue weighted by molar-refractivity contribution is 5.69. The highest BCUT2D eigenvalue weighted by atomic mass is 15.4. The van der Waals surface area contributed by atoms with Gasteiger partial charge in [0, 0.05) is 12.6 Å². The van der Waals surface area contributed by atoms with Gasteiger partial charge in [0.1, 0.15) is 6.33 Å². The topological polar surface area (TPSA) is 46.3 Å². The van der Waals surface area contributed by atoms with Gasteiger partial charge >= 0.3 is 0 Å². The van der Waals surface area contributed by atoms with Gasteiger partial charge in [-0.05, 0) is 31.2 Å². The summed E-state index contributed by atoms with van der Waals surface area (Å²) in [5, 5.41) is 12.8. The average Bonchev–Trinajstić information content (AvgIpc) is 3.05. The van der Waals surface area contributed by atoms with Gasteiger partial charge in [-0.1, -0.05) is 20.8 Å². The van der Waals surface area contributed by atoms with E-state index >= 15 is 0 Å². The van der Waals surface area contributed by atoms with Gasteiger partial charge in [-0.3, -0.25) is 0 Å². The maximum Gasteiger partial charge on any atom is 0.200 e. The summed E-state index contributed by atoms with van der Waals surface area (Å²) in [5.74, 6) is 0.410. The van der Waals surface area contributed by atoms with Crippen LogP contribution in [0.2, 0.25) is 0 Å². The molecule has 1 atom stereocenters. The zero-order valence-corrected chi connectivity index (χ0v) is 11.9. The molecule has 0 spiro atoms. The molecule has 5 heteroatoms. The highest BCUT2D eigenvalue weighted by Gasteiger charge is 2.26. The summed E-state index contributed by atoms with van der Waals surface area (Å²) in [6.45, 7) is 7.71. The van der Waals surface area contributed by atoms with E-state index in [1.165, 1.54) is 24.9 Å². The molecule has 2 aromatic heterocycles. The highest BCUT2D eigenvalue weighted by Crippen LogP contribution is 2.31. The molecule has 0 aromatic carbocycles. The van der Waals surface area contributed by atoms with Crippen molar-refractivity contribution in [2.45, 2.75) is 52.0 Å². The molecule has 19 heavy (non-hydrogen) atoms. The lowest BCUT2D eigenvalue weighted by atomic mass is 10.1. The number of rotatable bonds is 3. The maximum atomic E-state index is 4.58. The fourth-order valence-corrected chi connectivity index (χ4v) is 2.90. The summed E-state index contributed by atoms with van der Waals surface area (Å²) in [6.07, 6.45) is 5.41. The van der Waals surface area contributed by atoms with Gasteiger partial charge in [0.25, 0.3) is 0 Å². The second-order valence-electron chi connectivity index (χ2n) is 5.61. The van der Waals surface area contributed by atoms with E-state index in [2.05, 4.69) is 47.0 Å². The van der Waals surface area contributed by atoms with Crippen LogP contribution in [0.15, 0.2) is 12.4 Å². The Kier molecular flexibility index (Phi) is 3.12. The Balaban J connectivity index is 2.12. The molecule has 1 aliphatic heterocycles. The summed E-state index contributed by atoms with van der Waals surface area (Å²) in [5.41, 5.74) is 3.18. The standard InChI is InChI=1S/C14H21N5/c1-4-11-6-5-7-18(11)13-8-12(10(2)3)17-19-9-15-16-14(13)19/h8-11H,4-7H2,1-3H3. The van der Waals surface area contributed by atoms with Crippen molar-refractivity contribution in [3.63, 3.8) is 0 Å². The normalized spacial score (nSPS) is 19.8. The summed E-state index contributed by atoms with van der Waals surface area (Å²) >= 11 is 0. The minimum absolute atomic E-state index is 0.410. The number of hydrogen-bond donors (Lipinski definition) is 0. The van der Waals surface area contributed by atoms with Crippen molar-refractivity contribution < 1.29 is 0 Å². The first kappa shape index (κ1) is 12.4. The van der Waals surface area contributed by atoms with Crippen LogP contribution in [0.25, 0.3) is 5.65 Å². The molecule has 0 bridgehead atoms. The predicted molar refractivity (Wildman–Crippen MR) is 75.5 cm³/mol. The van der Waals surface area contributed by atoms with Crippen molar-refractivity contribution in [3.8, 4) is 0 Å². The molecule has 1 saturated heterocycles. The van der Waals surface area contributed by atoms with Crippen molar-refractivity contribution in [3.05, 3.63) is 18.1 Å². The first-order chi connectivity index (χ1) is 9.20. The Morgan fingerprint density at radius 1 is 1.42 bits per heavy atom. The van der Waals surface area contributed by atoms with E-state index in [9.17, 15) is 0 Å². The molecule has 1 aliphatic rings. The predicted octanol–water partition coefficient (Wildman–Crippen LogP) is 2.63. The number of aromatic nitrogens is 4. The minimum Gasteiger partial charge on any atom is -0.365 e. The second kappa shape index (κ2) is 4.79. The van der Waals surface area contributed by atoms with E-state index in [0.717, 1.165) is 17.9 Å². The molecular formula is C14H21N5. The van der Waals surface area contributed by atoms with E-state index in [0.29, 0.717) is 12.0 Å². The van der Waals surface area contributed by atoms with Crippen molar-refractivity contribution in [1.82, 2.24) is 19.8 Å². The first-order valence-electron chi connectivity index (χ1n) is 7.18. The minimum atomic E-state index is 0.410. The van der Waals surface area contributed by atoms with Crippen molar-refractivity contribution in [2.24, 2.45) is 0 Å². The van der Waals surface area contributed by atoms with Crippen LogP contribution >= 0.6 is 0 Å². The van der Waals surface area contributed by atoms with E-state index in [1.807, 2.05) is 4.52 Å². The molecule has 1 unspecified atom stereocenters. The van der Waals surface area contributed by atoms with Gasteiger partial charge in [0.15, 0.2) is 0 Å². The Bertz CT molecular complexity index is 574. The van der Waals surface area contributed by atoms with Crippen LogP contribution < -0.4 is 4.90 Å². The van der Waals surface area contributed by atoms with Gasteiger partial charge in [-0.2, -0.15) is 9.61 Å². The maximum absolute atomic E-state index is 4.58. The molecule has 2 aromatic rings. The van der Waals surface area contributed by atoms with Crippen LogP contribution in [0.1, 0.15) is 51.6 Å². The van der Waals surface area contributed by atoms with Gasteiger partial charge in [-0.25, -0.2) is 0 Å². The summed E-state index contributed by atoms with van der Waals surface area (Å²) in [4.78, 5) is 2.48. The largest absolute Gasteiger partial charge is 0.365 e. The number of hydrogen-bond acceptors (Lipinski definition) is 4. The molecular weight excluding hydrogens is 238 g/mol. The molecule has 3 heterocycles. The SMILES string of the molecule is CCC1CCCN1c1cc(C(C)C)nn2cnnc12. The third-order valence-corrected chi connectivity index (χ3v) is 4.02. The zero-order valence-electron chi connectivity index (χ0n) is 11.9. The van der Waals surface area contributed by atoms with Gasteiger partial charge in [0.2, 0.25) is 5.65 Å². The van der Waals surface area contributed by atoms with Gasteiger partial charge in [-0.15, -0.1) is 10.2 Å². The smallest absolute Gasteiger partial charge is 0.200 e. The molecule has 0 radical (unpaired) electrons. The molecule has 0 N–H and O–H groups in total. The van der Waals surface area contributed by atoms with Gasteiger partial charge < -0.3 is 4.90 Å². The lowest BCUT2D eigenvalue weighted by molar-refractivity contribution is 0.643. The molecule has 1 fully saturated rings. The van der Waals surface area contributed by atoms with E-state index in [-0.39, 0.29) is 0 Å². The van der Waals surface area contributed by atoms with Crippen molar-refractivity contribution in [2.75, 3.05) is 11.4 Å². The lowest BCUT2D eigenvalue weighted by Crippen LogP contribution is -2.29. The lowest BCUT2D eigenvalue weighted by Gasteiger charge is -2.26. The van der Waals surface area contributed by atoms with Crippen LogP contribution in [0.4, 0.5) is 5.69 Å². The summed E-state index contributed by atoms with van der Waals surface area (Å²) in [6, 6.07) is 2.82. The molecule has 3 rings (SSSR count). The molecule has 0 aliphatic carbocycles. The quantitative estimate of drug-likeness (QED) is 0.850. The first-order valence-corrected chi connectivity index (χ1v) is 7.18. The monoisotopic (exact) mass is 259 g/mol. The van der Waals surface area contributed by atoms with Crippen LogP contribution in [-0.4, -0.2) is 32.4 Å². The molecule has 0 amide bonds. The van der Waals surface area contributed by atoms with Crippen molar-refractivity contribution in [1.29, 1.82) is 0 Å². The Morgan fingerprint density at radius 2 is 2.26 bits per heavy atom. The van der Waals surface area contributed by atoms with E-state index < -0.39 is 0 Å². The Labute approximate surface area is 113 Å². The third-order valence-electron chi connectivity index (χ3n) is 4.02. The van der Waals surface area contributed by atoms with Crippen LogP contribution in [0, 0.1) is 0 Å². The number of fused-ring (bicyclic) bond motifs is 1. The number of nitrogens with zero attached hydrogens (tertiary/aromatic N) is 5. The summed E-state index contributed by atoms with van der Waals surface area (Å²) in [7, 11) is 0. The van der Waals surface area contributed by atoms with Gasteiger partial charge in [0.05, 0.1) is 11.4 Å². The van der Waals surface area contributed by atoms with E-state index in [1.54, 1.807) is 6.33 Å². The fraction of sp³-hybridized carbons (Fsp3) is 0.643. The summed E-state index contributed by atoms with van der Waals surface area (Å²) < 4.78 is 1.82. The average molecular weight is 259 g/mol. The Hall–Kier alpha value is -1.65. The van der Waals surface area contributed by atoms with E-state index in [4.69, 9.17) is 0 Å². The third kappa shape index (κ3) is 2.07. The van der Waals surface area contributed by atoms with Crippen LogP contribution in [-0.2, 0) is 0 Å². The van der Waals surface area contributed by atoms with Crippen LogP contribution in [0.3, 0.4) is 0 Å².